The summed E-state index contributed by atoms with van der Waals surface area (Å²) >= 11 is 0. The number of hydrogen-bond donors (Lipinski definition) is 0. The van der Waals surface area contributed by atoms with Crippen molar-refractivity contribution in [1.29, 1.82) is 0 Å². The number of likely N-dealkylation sites (tertiary alicyclic amines) is 1. The molecule has 0 unspecified atom stereocenters. The number of hydrogen-bond acceptors (Lipinski definition) is 5. The number of aryl methyl sites for hydroxylation is 1. The highest BCUT2D eigenvalue weighted by atomic mass is 16.5. The molecule has 1 fully saturated rings. The molecule has 1 aliphatic heterocycles. The highest BCUT2D eigenvalue weighted by molar-refractivity contribution is 5.97. The van der Waals surface area contributed by atoms with Crippen molar-refractivity contribution in [3.63, 3.8) is 0 Å². The molecular weight excluding hydrogens is 366 g/mol. The van der Waals surface area contributed by atoms with E-state index in [-0.39, 0.29) is 12.0 Å². The maximum atomic E-state index is 13.2. The number of carbonyl (C=O) groups excluding carboxylic acids is 1. The number of ether oxygens (including phenoxy) is 1. The number of benzene rings is 1. The maximum Gasteiger partial charge on any atom is 0.256 e. The van der Waals surface area contributed by atoms with Gasteiger partial charge in [0.1, 0.15) is 6.10 Å². The zero-order valence-electron chi connectivity index (χ0n) is 17.2. The highest BCUT2D eigenvalue weighted by Gasteiger charge is 2.27. The number of aromatic nitrogens is 4. The molecule has 0 saturated carbocycles. The molecular formula is C22H27N5O2. The van der Waals surface area contributed by atoms with Crippen molar-refractivity contribution in [3.8, 4) is 11.6 Å². The van der Waals surface area contributed by atoms with Gasteiger partial charge in [-0.15, -0.1) is 0 Å². The van der Waals surface area contributed by atoms with Crippen LogP contribution in [0.3, 0.4) is 0 Å². The third kappa shape index (κ3) is 4.99. The second kappa shape index (κ2) is 9.82. The van der Waals surface area contributed by atoms with Crippen LogP contribution in [0.2, 0.25) is 0 Å². The molecule has 1 saturated heterocycles. The van der Waals surface area contributed by atoms with Crippen molar-refractivity contribution in [2.75, 3.05) is 13.1 Å². The smallest absolute Gasteiger partial charge is 0.256 e. The van der Waals surface area contributed by atoms with Gasteiger partial charge in [-0.2, -0.15) is 15.0 Å². The van der Waals surface area contributed by atoms with Crippen molar-refractivity contribution in [1.82, 2.24) is 24.9 Å². The Labute approximate surface area is 171 Å². The van der Waals surface area contributed by atoms with Crippen molar-refractivity contribution in [2.24, 2.45) is 0 Å². The minimum Gasteiger partial charge on any atom is -0.472 e. The lowest BCUT2D eigenvalue weighted by atomic mass is 10.1. The van der Waals surface area contributed by atoms with Gasteiger partial charge >= 0.3 is 0 Å². The van der Waals surface area contributed by atoms with Crippen molar-refractivity contribution in [2.45, 2.75) is 39.7 Å². The Balaban J connectivity index is 0.00000117. The summed E-state index contributed by atoms with van der Waals surface area (Å²) in [5, 5.41) is 8.31. The maximum absolute atomic E-state index is 13.2. The van der Waals surface area contributed by atoms with E-state index in [9.17, 15) is 4.79 Å². The summed E-state index contributed by atoms with van der Waals surface area (Å²) < 4.78 is 6.02. The fraction of sp³-hybridized carbons (Fsp3) is 0.364. The number of para-hydroxylation sites is 1. The summed E-state index contributed by atoms with van der Waals surface area (Å²) in [7, 11) is 0. The second-order valence-electron chi connectivity index (χ2n) is 6.64. The molecule has 29 heavy (non-hydrogen) atoms. The monoisotopic (exact) mass is 393 g/mol. The average Bonchev–Trinajstić information content (AvgIpc) is 3.30. The van der Waals surface area contributed by atoms with Crippen LogP contribution >= 0.6 is 0 Å². The summed E-state index contributed by atoms with van der Waals surface area (Å²) in [4.78, 5) is 20.7. The Morgan fingerprint density at radius 1 is 1.10 bits per heavy atom. The third-order valence-corrected chi connectivity index (χ3v) is 4.61. The van der Waals surface area contributed by atoms with Gasteiger partial charge in [0.05, 0.1) is 30.2 Å². The number of piperidine rings is 1. The molecule has 3 heterocycles. The fourth-order valence-corrected chi connectivity index (χ4v) is 3.30. The van der Waals surface area contributed by atoms with E-state index in [0.29, 0.717) is 30.2 Å². The van der Waals surface area contributed by atoms with E-state index in [1.165, 1.54) is 4.80 Å². The lowest BCUT2D eigenvalue weighted by Crippen LogP contribution is -2.44. The molecule has 0 N–H and O–H groups in total. The normalized spacial score (nSPS) is 16.0. The van der Waals surface area contributed by atoms with Crippen LogP contribution in [0.25, 0.3) is 5.69 Å². The summed E-state index contributed by atoms with van der Waals surface area (Å²) in [6, 6.07) is 11.2. The van der Waals surface area contributed by atoms with E-state index in [4.69, 9.17) is 4.74 Å². The fourth-order valence-electron chi connectivity index (χ4n) is 3.30. The molecule has 0 bridgehead atoms. The largest absolute Gasteiger partial charge is 0.472 e. The quantitative estimate of drug-likeness (QED) is 0.676. The first-order chi connectivity index (χ1) is 14.2. The zero-order valence-corrected chi connectivity index (χ0v) is 17.2. The highest BCUT2D eigenvalue weighted by Crippen LogP contribution is 2.21. The molecule has 4 rings (SSSR count). The number of pyridine rings is 1. The molecule has 0 aliphatic carbocycles. The number of nitrogens with zero attached hydrogens (tertiary/aromatic N) is 5. The molecule has 1 aliphatic rings. The topological polar surface area (TPSA) is 73.1 Å². The number of carbonyl (C=O) groups is 1. The van der Waals surface area contributed by atoms with E-state index in [1.54, 1.807) is 18.6 Å². The van der Waals surface area contributed by atoms with Gasteiger partial charge in [-0.05, 0) is 43.5 Å². The van der Waals surface area contributed by atoms with Gasteiger partial charge in [0.2, 0.25) is 5.88 Å². The molecule has 0 spiro atoms. The van der Waals surface area contributed by atoms with E-state index >= 15 is 0 Å². The SMILES string of the molecule is CC.Cc1ccnc(O[C@@H]2CCCN(C(=O)c3ccccc3-n3nccn3)C2)c1. The van der Waals surface area contributed by atoms with Crippen LogP contribution in [0.4, 0.5) is 0 Å². The number of rotatable bonds is 4. The van der Waals surface area contributed by atoms with Gasteiger partial charge < -0.3 is 9.64 Å². The van der Waals surface area contributed by atoms with Gasteiger partial charge in [0.25, 0.3) is 5.91 Å². The Morgan fingerprint density at radius 2 is 1.86 bits per heavy atom. The van der Waals surface area contributed by atoms with E-state index in [2.05, 4.69) is 15.2 Å². The van der Waals surface area contributed by atoms with Crippen LogP contribution < -0.4 is 4.74 Å². The molecule has 3 aromatic rings. The summed E-state index contributed by atoms with van der Waals surface area (Å²) in [5.41, 5.74) is 2.36. The Morgan fingerprint density at radius 3 is 2.62 bits per heavy atom. The van der Waals surface area contributed by atoms with E-state index in [1.807, 2.05) is 62.1 Å². The van der Waals surface area contributed by atoms with Gasteiger partial charge in [-0.3, -0.25) is 4.79 Å². The minimum atomic E-state index is -0.0630. The Bertz CT molecular complexity index is 926. The average molecular weight is 393 g/mol. The van der Waals surface area contributed by atoms with Crippen molar-refractivity contribution < 1.29 is 9.53 Å². The number of amides is 1. The second-order valence-corrected chi connectivity index (χ2v) is 6.64. The van der Waals surface area contributed by atoms with Gasteiger partial charge in [-0.25, -0.2) is 4.98 Å². The molecule has 1 atom stereocenters. The molecule has 7 heteroatoms. The van der Waals surface area contributed by atoms with Crippen LogP contribution in [0.15, 0.2) is 55.0 Å². The van der Waals surface area contributed by atoms with E-state index < -0.39 is 0 Å². The zero-order chi connectivity index (χ0) is 20.6. The van der Waals surface area contributed by atoms with Crippen LogP contribution in [0.5, 0.6) is 5.88 Å². The standard InChI is InChI=1S/C20H21N5O2.C2H6/c1-15-8-9-21-19(13-15)27-16-5-4-12-24(14-16)20(26)17-6-2-3-7-18(17)25-22-10-11-23-25;1-2/h2-3,6-11,13,16H,4-5,12,14H2,1H3;1-2H3/t16-;/m1./s1. The summed E-state index contributed by atoms with van der Waals surface area (Å²) in [6.07, 6.45) is 6.67. The molecule has 152 valence electrons. The van der Waals surface area contributed by atoms with Crippen LogP contribution in [0, 0.1) is 6.92 Å². The first-order valence-electron chi connectivity index (χ1n) is 10.0. The Kier molecular flexibility index (Phi) is 6.94. The summed E-state index contributed by atoms with van der Waals surface area (Å²) in [6.45, 7) is 7.25. The van der Waals surface area contributed by atoms with Crippen LogP contribution in [-0.2, 0) is 0 Å². The lowest BCUT2D eigenvalue weighted by molar-refractivity contribution is 0.0527. The molecule has 1 amide bonds. The Hall–Kier alpha value is -3.22. The molecule has 0 radical (unpaired) electrons. The molecule has 2 aromatic heterocycles. The first kappa shape index (κ1) is 20.5. The first-order valence-corrected chi connectivity index (χ1v) is 10.0. The van der Waals surface area contributed by atoms with Crippen LogP contribution in [0.1, 0.15) is 42.6 Å². The van der Waals surface area contributed by atoms with Gasteiger partial charge in [-0.1, -0.05) is 26.0 Å². The predicted molar refractivity (Wildman–Crippen MR) is 111 cm³/mol. The third-order valence-electron chi connectivity index (χ3n) is 4.61. The minimum absolute atomic E-state index is 0.0339. The van der Waals surface area contributed by atoms with Crippen LogP contribution in [-0.4, -0.2) is 50.0 Å². The molecule has 1 aromatic carbocycles. The summed E-state index contributed by atoms with van der Waals surface area (Å²) in [5.74, 6) is 0.573. The lowest BCUT2D eigenvalue weighted by Gasteiger charge is -2.33. The predicted octanol–water partition coefficient (Wildman–Crippen LogP) is 3.68. The molecule has 7 nitrogen and oxygen atoms in total. The van der Waals surface area contributed by atoms with E-state index in [0.717, 1.165) is 18.4 Å². The van der Waals surface area contributed by atoms with Crippen molar-refractivity contribution >= 4 is 5.91 Å². The van der Waals surface area contributed by atoms with Gasteiger partial charge in [0.15, 0.2) is 0 Å². The van der Waals surface area contributed by atoms with Crippen molar-refractivity contribution in [3.05, 3.63) is 66.1 Å². The van der Waals surface area contributed by atoms with Gasteiger partial charge in [0, 0.05) is 18.8 Å².